The molecule has 7 nitrogen and oxygen atoms in total. The van der Waals surface area contributed by atoms with Gasteiger partial charge in [-0.05, 0) is 36.1 Å². The molecule has 0 fully saturated rings. The SMILES string of the molecule is CCc1cc(C(=O)O)sc1C(=O)OC.CCc1cc(C=O)sc1C(=O)OC. The molecule has 146 valence electrons. The van der Waals surface area contributed by atoms with Gasteiger partial charge in [-0.2, -0.15) is 0 Å². The second-order valence-corrected chi connectivity index (χ2v) is 7.22. The molecule has 0 radical (unpaired) electrons. The van der Waals surface area contributed by atoms with Crippen LogP contribution in [0.2, 0.25) is 0 Å². The topological polar surface area (TPSA) is 107 Å². The van der Waals surface area contributed by atoms with Crippen LogP contribution in [0.1, 0.15) is 63.7 Å². The third kappa shape index (κ3) is 5.73. The van der Waals surface area contributed by atoms with Crippen LogP contribution < -0.4 is 0 Å². The normalized spacial score (nSPS) is 9.78. The zero-order valence-electron chi connectivity index (χ0n) is 15.4. The minimum atomic E-state index is -1.01. The first-order valence-corrected chi connectivity index (χ1v) is 9.56. The predicted octanol–water partition coefficient (Wildman–Crippen LogP) is 3.70. The number of rotatable bonds is 6. The van der Waals surface area contributed by atoms with E-state index in [1.165, 1.54) is 31.6 Å². The number of aryl methyl sites for hydroxylation is 2. The average Bonchev–Trinajstić information content (AvgIpc) is 3.31. The molecule has 0 atom stereocenters. The Morgan fingerprint density at radius 2 is 1.44 bits per heavy atom. The molecule has 0 bridgehead atoms. The van der Waals surface area contributed by atoms with E-state index in [1.54, 1.807) is 6.07 Å². The Balaban J connectivity index is 0.000000271. The number of methoxy groups -OCH3 is 2. The third-order valence-corrected chi connectivity index (χ3v) is 5.70. The molecule has 0 saturated carbocycles. The molecule has 0 saturated heterocycles. The van der Waals surface area contributed by atoms with Crippen LogP contribution in [0.5, 0.6) is 0 Å². The fourth-order valence-corrected chi connectivity index (χ4v) is 4.09. The molecule has 0 aromatic carbocycles. The molecular formula is C18H20O7S2. The number of carboxylic acids is 1. The van der Waals surface area contributed by atoms with E-state index in [9.17, 15) is 19.2 Å². The van der Waals surface area contributed by atoms with Crippen LogP contribution in [-0.4, -0.2) is 43.5 Å². The van der Waals surface area contributed by atoms with Crippen LogP contribution in [0, 0.1) is 0 Å². The molecule has 0 unspecified atom stereocenters. The molecule has 0 aliphatic rings. The zero-order chi connectivity index (χ0) is 20.6. The Bertz CT molecular complexity index is 833. The highest BCUT2D eigenvalue weighted by molar-refractivity contribution is 7.16. The number of thiophene rings is 2. The number of esters is 2. The van der Waals surface area contributed by atoms with Gasteiger partial charge in [-0.15, -0.1) is 22.7 Å². The number of aldehydes is 1. The van der Waals surface area contributed by atoms with Gasteiger partial charge < -0.3 is 14.6 Å². The van der Waals surface area contributed by atoms with Crippen molar-refractivity contribution in [2.24, 2.45) is 0 Å². The van der Waals surface area contributed by atoms with Gasteiger partial charge in [-0.25, -0.2) is 14.4 Å². The highest BCUT2D eigenvalue weighted by atomic mass is 32.1. The Morgan fingerprint density at radius 3 is 1.85 bits per heavy atom. The van der Waals surface area contributed by atoms with Gasteiger partial charge in [-0.1, -0.05) is 13.8 Å². The number of ether oxygens (including phenoxy) is 2. The lowest BCUT2D eigenvalue weighted by atomic mass is 10.2. The fraction of sp³-hybridized carbons (Fsp3) is 0.333. The van der Waals surface area contributed by atoms with Gasteiger partial charge in [-0.3, -0.25) is 4.79 Å². The number of hydrogen-bond donors (Lipinski definition) is 1. The first-order valence-electron chi connectivity index (χ1n) is 7.93. The summed E-state index contributed by atoms with van der Waals surface area (Å²) in [6, 6.07) is 3.24. The first kappa shape index (κ1) is 22.5. The second kappa shape index (κ2) is 10.6. The minimum Gasteiger partial charge on any atom is -0.477 e. The van der Waals surface area contributed by atoms with E-state index in [1.807, 2.05) is 13.8 Å². The van der Waals surface area contributed by atoms with Crippen LogP contribution in [0.25, 0.3) is 0 Å². The van der Waals surface area contributed by atoms with Crippen LogP contribution >= 0.6 is 22.7 Å². The Labute approximate surface area is 164 Å². The highest BCUT2D eigenvalue weighted by Crippen LogP contribution is 2.24. The molecule has 1 N–H and O–H groups in total. The molecule has 2 aromatic rings. The summed E-state index contributed by atoms with van der Waals surface area (Å²) in [7, 11) is 2.62. The number of carboxylic acid groups (broad SMARTS) is 1. The quantitative estimate of drug-likeness (QED) is 0.569. The van der Waals surface area contributed by atoms with Crippen LogP contribution in [0.4, 0.5) is 0 Å². The van der Waals surface area contributed by atoms with Crippen molar-refractivity contribution in [3.05, 3.63) is 42.8 Å². The minimum absolute atomic E-state index is 0.169. The van der Waals surface area contributed by atoms with Crippen molar-refractivity contribution in [2.45, 2.75) is 26.7 Å². The van der Waals surface area contributed by atoms with Gasteiger partial charge in [0.25, 0.3) is 0 Å². The highest BCUT2D eigenvalue weighted by Gasteiger charge is 2.18. The van der Waals surface area contributed by atoms with E-state index in [4.69, 9.17) is 5.11 Å². The summed E-state index contributed by atoms with van der Waals surface area (Å²) in [4.78, 5) is 45.2. The van der Waals surface area contributed by atoms with E-state index >= 15 is 0 Å². The summed E-state index contributed by atoms with van der Waals surface area (Å²) in [5.41, 5.74) is 1.60. The largest absolute Gasteiger partial charge is 0.477 e. The van der Waals surface area contributed by atoms with Crippen LogP contribution in [0.3, 0.4) is 0 Å². The van der Waals surface area contributed by atoms with Crippen molar-refractivity contribution in [1.82, 2.24) is 0 Å². The van der Waals surface area contributed by atoms with Gasteiger partial charge in [0.15, 0.2) is 6.29 Å². The van der Waals surface area contributed by atoms with Gasteiger partial charge in [0.1, 0.15) is 14.6 Å². The molecule has 0 aliphatic carbocycles. The summed E-state index contributed by atoms with van der Waals surface area (Å²) >= 11 is 2.12. The van der Waals surface area contributed by atoms with E-state index in [0.29, 0.717) is 21.1 Å². The smallest absolute Gasteiger partial charge is 0.348 e. The zero-order valence-corrected chi connectivity index (χ0v) is 17.0. The van der Waals surface area contributed by atoms with Crippen molar-refractivity contribution in [1.29, 1.82) is 0 Å². The van der Waals surface area contributed by atoms with Crippen molar-refractivity contribution >= 4 is 46.9 Å². The summed E-state index contributed by atoms with van der Waals surface area (Å²) in [6.45, 7) is 3.79. The Morgan fingerprint density at radius 1 is 0.963 bits per heavy atom. The molecule has 2 rings (SSSR count). The lowest BCUT2D eigenvalue weighted by Gasteiger charge is -1.96. The average molecular weight is 412 g/mol. The van der Waals surface area contributed by atoms with E-state index in [0.717, 1.165) is 35.2 Å². The third-order valence-electron chi connectivity index (χ3n) is 3.47. The van der Waals surface area contributed by atoms with Crippen molar-refractivity contribution in [3.63, 3.8) is 0 Å². The Kier molecular flexibility index (Phi) is 8.83. The van der Waals surface area contributed by atoms with Gasteiger partial charge in [0.05, 0.1) is 19.1 Å². The molecule has 9 heteroatoms. The van der Waals surface area contributed by atoms with Crippen LogP contribution in [-0.2, 0) is 22.3 Å². The lowest BCUT2D eigenvalue weighted by Crippen LogP contribution is -2.00. The van der Waals surface area contributed by atoms with Crippen molar-refractivity contribution in [3.8, 4) is 0 Å². The molecule has 27 heavy (non-hydrogen) atoms. The fourth-order valence-electron chi connectivity index (χ4n) is 2.10. The van der Waals surface area contributed by atoms with Gasteiger partial charge >= 0.3 is 17.9 Å². The molecule has 0 aliphatic heterocycles. The molecule has 2 aromatic heterocycles. The molecule has 2 heterocycles. The van der Waals surface area contributed by atoms with E-state index in [2.05, 4.69) is 9.47 Å². The maximum absolute atomic E-state index is 11.2. The maximum Gasteiger partial charge on any atom is 0.348 e. The lowest BCUT2D eigenvalue weighted by molar-refractivity contribution is 0.0596. The first-order chi connectivity index (χ1) is 12.8. The number of aromatic carboxylic acids is 1. The standard InChI is InChI=1S/C9H10O4S.C9H10O3S/c1-3-5-4-6(8(10)11)14-7(5)9(12)13-2;1-3-6-4-7(5-10)13-8(6)9(11)12-2/h4H,3H2,1-2H3,(H,10,11);4-5H,3H2,1-2H3. The second-order valence-electron chi connectivity index (χ2n) is 5.08. The molecule has 0 spiro atoms. The van der Waals surface area contributed by atoms with Crippen molar-refractivity contribution < 1.29 is 33.8 Å². The van der Waals surface area contributed by atoms with Crippen LogP contribution in [0.15, 0.2) is 12.1 Å². The van der Waals surface area contributed by atoms with Gasteiger partial charge in [0, 0.05) is 0 Å². The molecular weight excluding hydrogens is 392 g/mol. The van der Waals surface area contributed by atoms with E-state index < -0.39 is 11.9 Å². The van der Waals surface area contributed by atoms with Crippen molar-refractivity contribution in [2.75, 3.05) is 14.2 Å². The monoisotopic (exact) mass is 412 g/mol. The van der Waals surface area contributed by atoms with E-state index in [-0.39, 0.29) is 10.8 Å². The maximum atomic E-state index is 11.2. The summed E-state index contributed by atoms with van der Waals surface area (Å²) in [5.74, 6) is -1.85. The summed E-state index contributed by atoms with van der Waals surface area (Å²) in [6.07, 6.45) is 2.10. The van der Waals surface area contributed by atoms with Gasteiger partial charge in [0.2, 0.25) is 0 Å². The number of carbonyl (C=O) groups is 4. The Hall–Kier alpha value is -2.52. The summed E-state index contributed by atoms with van der Waals surface area (Å²) in [5, 5.41) is 8.73. The number of carbonyl (C=O) groups excluding carboxylic acids is 3. The molecule has 0 amide bonds. The summed E-state index contributed by atoms with van der Waals surface area (Å²) < 4.78 is 9.14. The number of hydrogen-bond acceptors (Lipinski definition) is 8. The predicted molar refractivity (Wildman–Crippen MR) is 102 cm³/mol.